The molecule has 0 fully saturated rings. The van der Waals surface area contributed by atoms with Gasteiger partial charge in [-0.15, -0.1) is 10.8 Å². The first kappa shape index (κ1) is 19.5. The molecule has 2 atom stereocenters. The van der Waals surface area contributed by atoms with E-state index in [2.05, 4.69) is 15.3 Å². The van der Waals surface area contributed by atoms with Crippen molar-refractivity contribution in [1.29, 1.82) is 0 Å². The zero-order valence-electron chi connectivity index (χ0n) is 16.1. The van der Waals surface area contributed by atoms with Gasteiger partial charge in [-0.3, -0.25) is 18.9 Å². The van der Waals surface area contributed by atoms with Gasteiger partial charge in [-0.25, -0.2) is 9.30 Å². The number of carbonyl (C=O) groups excluding carboxylic acids is 1. The molecule has 154 valence electrons. The molecule has 29 heavy (non-hydrogen) atoms. The van der Waals surface area contributed by atoms with Crippen molar-refractivity contribution in [2.75, 3.05) is 19.0 Å². The van der Waals surface area contributed by atoms with Gasteiger partial charge in [0.1, 0.15) is 22.2 Å². The molecule has 10 heteroatoms. The molecule has 2 aromatic rings. The minimum Gasteiger partial charge on any atom is -0.493 e. The summed E-state index contributed by atoms with van der Waals surface area (Å²) >= 11 is 0. The quantitative estimate of drug-likeness (QED) is 0.590. The molecule has 2 aliphatic rings. The van der Waals surface area contributed by atoms with Crippen molar-refractivity contribution in [2.45, 2.75) is 24.1 Å². The van der Waals surface area contributed by atoms with Gasteiger partial charge in [0.2, 0.25) is 5.96 Å². The molecule has 0 saturated carbocycles. The molecule has 0 bridgehead atoms. The molecule has 3 heterocycles. The summed E-state index contributed by atoms with van der Waals surface area (Å²) in [7, 11) is -1.70. The van der Waals surface area contributed by atoms with Crippen LogP contribution in [0.3, 0.4) is 0 Å². The summed E-state index contributed by atoms with van der Waals surface area (Å²) in [5.41, 5.74) is 6.43. The average Bonchev–Trinajstić information content (AvgIpc) is 2.84. The Morgan fingerprint density at radius 1 is 1.38 bits per heavy atom. The van der Waals surface area contributed by atoms with Gasteiger partial charge in [0.25, 0.3) is 5.91 Å². The number of amides is 1. The summed E-state index contributed by atoms with van der Waals surface area (Å²) in [4.78, 5) is 21.1. The van der Waals surface area contributed by atoms with E-state index in [1.165, 1.54) is 11.4 Å². The zero-order valence-corrected chi connectivity index (χ0v) is 16.9. The number of ether oxygens (including phenoxy) is 1. The van der Waals surface area contributed by atoms with Crippen molar-refractivity contribution < 1.29 is 18.6 Å². The van der Waals surface area contributed by atoms with Crippen molar-refractivity contribution in [3.63, 3.8) is 0 Å². The maximum Gasteiger partial charge on any atom is 0.274 e. The first-order valence-electron chi connectivity index (χ1n) is 9.09. The van der Waals surface area contributed by atoms with Crippen LogP contribution >= 0.6 is 10.8 Å². The lowest BCUT2D eigenvalue weighted by Crippen LogP contribution is -2.53. The number of carbonyl (C=O) groups is 1. The maximum atomic E-state index is 12.5. The van der Waals surface area contributed by atoms with Gasteiger partial charge < -0.3 is 15.8 Å². The van der Waals surface area contributed by atoms with Gasteiger partial charge in [-0.05, 0) is 37.3 Å². The van der Waals surface area contributed by atoms with E-state index in [1.54, 1.807) is 42.6 Å². The minimum atomic E-state index is -3.21. The Labute approximate surface area is 170 Å². The van der Waals surface area contributed by atoms with Crippen molar-refractivity contribution in [1.82, 2.24) is 9.29 Å². The molecule has 0 radical (unpaired) electrons. The molecule has 9 nitrogen and oxygen atoms in total. The van der Waals surface area contributed by atoms with E-state index in [-0.39, 0.29) is 11.9 Å². The van der Waals surface area contributed by atoms with E-state index in [9.17, 15) is 13.9 Å². The summed E-state index contributed by atoms with van der Waals surface area (Å²) < 4.78 is 28.8. The van der Waals surface area contributed by atoms with Crippen LogP contribution in [0.2, 0.25) is 0 Å². The Hall–Kier alpha value is -2.82. The number of nitrogens with two attached hydrogens (primary N) is 1. The summed E-state index contributed by atoms with van der Waals surface area (Å²) in [6.45, 7) is 2.12. The van der Waals surface area contributed by atoms with Gasteiger partial charge in [-0.2, -0.15) is 0 Å². The van der Waals surface area contributed by atoms with Crippen molar-refractivity contribution in [3.05, 3.63) is 53.9 Å². The number of fused-ring (bicyclic) bond motifs is 3. The maximum absolute atomic E-state index is 12.5. The highest BCUT2D eigenvalue weighted by Gasteiger charge is 2.52. The number of hydrogen-bond acceptors (Lipinski definition) is 8. The van der Waals surface area contributed by atoms with E-state index in [4.69, 9.17) is 10.5 Å². The molecule has 1 aromatic carbocycles. The fourth-order valence-corrected chi connectivity index (χ4v) is 5.69. The molecule has 1 amide bonds. The summed E-state index contributed by atoms with van der Waals surface area (Å²) in [6.07, 6.45) is 1.94. The lowest BCUT2D eigenvalue weighted by Gasteiger charge is -2.54. The van der Waals surface area contributed by atoms with Crippen molar-refractivity contribution in [3.8, 4) is 5.75 Å². The van der Waals surface area contributed by atoms with Crippen molar-refractivity contribution in [2.24, 2.45) is 10.7 Å². The number of hydrogen-bond donors (Lipinski definition) is 4. The standard InChI is InChI=1S/C19H23N5O4S/c1-19-13-11-12(22-17(25)14-5-3-4-9-21-14)6-7-15(13)28-10-8-16(19)29(26,27)24(2)18(20)23-19/h3-7,9,11,16,26-27H,8,10H2,1-2H3,(H2,20,23)(H,22,25)/t16-,19-/m1/s1. The van der Waals surface area contributed by atoms with Gasteiger partial charge in [-0.1, -0.05) is 6.07 Å². The second-order valence-corrected chi connectivity index (χ2v) is 9.42. The second kappa shape index (κ2) is 6.90. The summed E-state index contributed by atoms with van der Waals surface area (Å²) in [6, 6.07) is 10.3. The number of nitrogens with one attached hydrogen (secondary N) is 1. The number of guanidine groups is 1. The Morgan fingerprint density at radius 3 is 2.90 bits per heavy atom. The van der Waals surface area contributed by atoms with Gasteiger partial charge >= 0.3 is 0 Å². The van der Waals surface area contributed by atoms with Crippen LogP contribution in [0.25, 0.3) is 0 Å². The van der Waals surface area contributed by atoms with E-state index >= 15 is 0 Å². The topological polar surface area (TPSA) is 133 Å². The molecule has 0 saturated heterocycles. The van der Waals surface area contributed by atoms with Gasteiger partial charge in [0, 0.05) is 30.9 Å². The number of aromatic nitrogens is 1. The first-order chi connectivity index (χ1) is 13.7. The van der Waals surface area contributed by atoms with Crippen LogP contribution in [0.15, 0.2) is 47.6 Å². The number of nitrogens with zero attached hydrogens (tertiary/aromatic N) is 3. The van der Waals surface area contributed by atoms with E-state index < -0.39 is 21.6 Å². The number of anilines is 1. The van der Waals surface area contributed by atoms with Gasteiger partial charge in [0.05, 0.1) is 6.61 Å². The number of rotatable bonds is 2. The predicted octanol–water partition coefficient (Wildman–Crippen LogP) is 2.63. The monoisotopic (exact) mass is 417 g/mol. The second-order valence-electron chi connectivity index (χ2n) is 7.18. The van der Waals surface area contributed by atoms with Crippen LogP contribution in [0.5, 0.6) is 5.75 Å². The number of benzene rings is 1. The third kappa shape index (κ3) is 3.18. The Balaban J connectivity index is 1.76. The van der Waals surface area contributed by atoms with Crippen LogP contribution in [0, 0.1) is 0 Å². The molecule has 0 unspecified atom stereocenters. The highest BCUT2D eigenvalue weighted by molar-refractivity contribution is 8.23. The third-order valence-corrected chi connectivity index (χ3v) is 7.85. The molecular formula is C19H23N5O4S. The smallest absolute Gasteiger partial charge is 0.274 e. The fourth-order valence-electron chi connectivity index (χ4n) is 3.79. The van der Waals surface area contributed by atoms with Crippen LogP contribution in [-0.2, 0) is 5.54 Å². The lowest BCUT2D eigenvalue weighted by molar-refractivity contribution is 0.102. The van der Waals surface area contributed by atoms with E-state index in [1.807, 2.05) is 6.92 Å². The minimum absolute atomic E-state index is 0.0412. The van der Waals surface area contributed by atoms with Crippen molar-refractivity contribution >= 4 is 28.3 Å². The third-order valence-electron chi connectivity index (χ3n) is 5.40. The predicted molar refractivity (Wildman–Crippen MR) is 112 cm³/mol. The molecule has 0 aliphatic carbocycles. The summed E-state index contributed by atoms with van der Waals surface area (Å²) in [5.74, 6) is 0.263. The Kier molecular flexibility index (Phi) is 4.64. The molecule has 2 aliphatic heterocycles. The lowest BCUT2D eigenvalue weighted by atomic mass is 9.87. The van der Waals surface area contributed by atoms with Crippen LogP contribution in [0.1, 0.15) is 29.4 Å². The number of aliphatic imine (C=N–C) groups is 1. The Bertz CT molecular complexity index is 984. The van der Waals surface area contributed by atoms with Gasteiger partial charge in [0.15, 0.2) is 0 Å². The SMILES string of the molecule is CN1C(N)=N[C@]2(C)c3cc(NC(=O)c4ccccn4)ccc3OCC[C@H]2S1(O)O. The molecule has 5 N–H and O–H groups in total. The molecule has 1 aromatic heterocycles. The first-order valence-corrected chi connectivity index (χ1v) is 10.7. The largest absolute Gasteiger partial charge is 0.493 e. The van der Waals surface area contributed by atoms with Crippen LogP contribution in [-0.4, -0.2) is 49.2 Å². The summed E-state index contributed by atoms with van der Waals surface area (Å²) in [5, 5.41) is 2.20. The normalized spacial score (nSPS) is 26.1. The zero-order chi connectivity index (χ0) is 20.8. The molecule has 4 rings (SSSR count). The van der Waals surface area contributed by atoms with Crippen LogP contribution < -0.4 is 15.8 Å². The Morgan fingerprint density at radius 2 is 2.17 bits per heavy atom. The highest BCUT2D eigenvalue weighted by Crippen LogP contribution is 2.60. The molecule has 0 spiro atoms. The average molecular weight is 417 g/mol. The fraction of sp³-hybridized carbons (Fsp3) is 0.316. The van der Waals surface area contributed by atoms with E-state index in [0.29, 0.717) is 35.7 Å². The molecular weight excluding hydrogens is 394 g/mol. The van der Waals surface area contributed by atoms with Crippen LogP contribution in [0.4, 0.5) is 5.69 Å². The number of pyridine rings is 1. The van der Waals surface area contributed by atoms with E-state index in [0.717, 1.165) is 0 Å². The highest BCUT2D eigenvalue weighted by atomic mass is 32.3.